The maximum Gasteiger partial charge on any atom is 0.119 e. The molecule has 1 N–H and O–H groups in total. The molecule has 2 nitrogen and oxygen atoms in total. The van der Waals surface area contributed by atoms with Crippen molar-refractivity contribution < 1.29 is 9.84 Å². The van der Waals surface area contributed by atoms with Crippen LogP contribution in [0.1, 0.15) is 29.0 Å². The summed E-state index contributed by atoms with van der Waals surface area (Å²) in [5.74, 6) is 1.07. The van der Waals surface area contributed by atoms with E-state index in [1.165, 1.54) is 16.7 Å². The molecule has 0 amide bonds. The number of ether oxygens (including phenoxy) is 1. The molecule has 0 aliphatic carbocycles. The first-order chi connectivity index (χ1) is 9.26. The van der Waals surface area contributed by atoms with Gasteiger partial charge >= 0.3 is 0 Å². The SMILES string of the molecule is COc1cccc(C(CCO)c2ccccc2C)c1. The molecule has 0 bridgehead atoms. The molecule has 2 aromatic rings. The van der Waals surface area contributed by atoms with Crippen molar-refractivity contribution in [2.24, 2.45) is 0 Å². The van der Waals surface area contributed by atoms with Crippen LogP contribution in [0.15, 0.2) is 48.5 Å². The molecule has 1 atom stereocenters. The Labute approximate surface area is 114 Å². The van der Waals surface area contributed by atoms with Gasteiger partial charge in [0.2, 0.25) is 0 Å². The number of aryl methyl sites for hydroxylation is 1. The Kier molecular flexibility index (Phi) is 4.58. The second-order valence-corrected chi connectivity index (χ2v) is 4.70. The average molecular weight is 256 g/mol. The monoisotopic (exact) mass is 256 g/mol. The van der Waals surface area contributed by atoms with Crippen molar-refractivity contribution >= 4 is 0 Å². The van der Waals surface area contributed by atoms with Crippen LogP contribution in [-0.2, 0) is 0 Å². The smallest absolute Gasteiger partial charge is 0.119 e. The van der Waals surface area contributed by atoms with Crippen molar-refractivity contribution in [1.29, 1.82) is 0 Å². The highest BCUT2D eigenvalue weighted by Crippen LogP contribution is 2.31. The van der Waals surface area contributed by atoms with Gasteiger partial charge in [-0.25, -0.2) is 0 Å². The van der Waals surface area contributed by atoms with E-state index in [0.717, 1.165) is 12.2 Å². The molecule has 0 aliphatic heterocycles. The van der Waals surface area contributed by atoms with Crippen LogP contribution < -0.4 is 4.74 Å². The molecule has 1 unspecified atom stereocenters. The second kappa shape index (κ2) is 6.39. The largest absolute Gasteiger partial charge is 0.497 e. The Hall–Kier alpha value is -1.80. The van der Waals surface area contributed by atoms with Gasteiger partial charge in [-0.15, -0.1) is 0 Å². The highest BCUT2D eigenvalue weighted by Gasteiger charge is 2.16. The minimum absolute atomic E-state index is 0.177. The lowest BCUT2D eigenvalue weighted by Gasteiger charge is -2.19. The molecule has 100 valence electrons. The summed E-state index contributed by atoms with van der Waals surface area (Å²) in [6.45, 7) is 2.29. The predicted octanol–water partition coefficient (Wildman–Crippen LogP) is 3.52. The lowest BCUT2D eigenvalue weighted by atomic mass is 9.86. The molecule has 0 heterocycles. The van der Waals surface area contributed by atoms with Crippen LogP contribution in [-0.4, -0.2) is 18.8 Å². The Bertz CT molecular complexity index is 534. The van der Waals surface area contributed by atoms with Gasteiger partial charge in [0.25, 0.3) is 0 Å². The summed E-state index contributed by atoms with van der Waals surface area (Å²) in [6, 6.07) is 16.4. The van der Waals surface area contributed by atoms with Gasteiger partial charge < -0.3 is 9.84 Å². The van der Waals surface area contributed by atoms with E-state index in [1.54, 1.807) is 7.11 Å². The summed E-state index contributed by atoms with van der Waals surface area (Å²) in [7, 11) is 1.67. The van der Waals surface area contributed by atoms with Crippen molar-refractivity contribution in [1.82, 2.24) is 0 Å². The lowest BCUT2D eigenvalue weighted by Crippen LogP contribution is -2.05. The number of aliphatic hydroxyl groups excluding tert-OH is 1. The molecule has 2 rings (SSSR count). The van der Waals surface area contributed by atoms with E-state index in [2.05, 4.69) is 25.1 Å². The normalized spacial score (nSPS) is 12.2. The number of benzene rings is 2. The molecule has 2 aromatic carbocycles. The molecule has 2 heteroatoms. The zero-order valence-corrected chi connectivity index (χ0v) is 11.5. The van der Waals surface area contributed by atoms with Crippen molar-refractivity contribution in [2.75, 3.05) is 13.7 Å². The summed E-state index contributed by atoms with van der Waals surface area (Å²) < 4.78 is 5.29. The average Bonchev–Trinajstić information content (AvgIpc) is 2.46. The molecule has 0 aromatic heterocycles. The topological polar surface area (TPSA) is 29.5 Å². The molecular weight excluding hydrogens is 236 g/mol. The maximum atomic E-state index is 9.35. The van der Waals surface area contributed by atoms with Gasteiger partial charge in [0.1, 0.15) is 5.75 Å². The number of hydrogen-bond acceptors (Lipinski definition) is 2. The highest BCUT2D eigenvalue weighted by atomic mass is 16.5. The first-order valence-corrected chi connectivity index (χ1v) is 6.56. The van der Waals surface area contributed by atoms with Crippen LogP contribution >= 0.6 is 0 Å². The van der Waals surface area contributed by atoms with Crippen LogP contribution in [0.5, 0.6) is 5.75 Å². The van der Waals surface area contributed by atoms with E-state index >= 15 is 0 Å². The standard InChI is InChI=1S/C17H20O2/c1-13-6-3-4-9-16(13)17(10-11-18)14-7-5-8-15(12-14)19-2/h3-9,12,17-18H,10-11H2,1-2H3. The van der Waals surface area contributed by atoms with Crippen LogP contribution in [0.4, 0.5) is 0 Å². The highest BCUT2D eigenvalue weighted by molar-refractivity contribution is 5.40. The number of methoxy groups -OCH3 is 1. The Morgan fingerprint density at radius 1 is 1.11 bits per heavy atom. The Morgan fingerprint density at radius 2 is 1.89 bits per heavy atom. The van der Waals surface area contributed by atoms with Crippen LogP contribution in [0.25, 0.3) is 0 Å². The van der Waals surface area contributed by atoms with Gasteiger partial charge in [-0.1, -0.05) is 36.4 Å². The number of rotatable bonds is 5. The van der Waals surface area contributed by atoms with E-state index in [1.807, 2.05) is 30.3 Å². The lowest BCUT2D eigenvalue weighted by molar-refractivity contribution is 0.281. The maximum absolute atomic E-state index is 9.35. The van der Waals surface area contributed by atoms with E-state index < -0.39 is 0 Å². The van der Waals surface area contributed by atoms with Gasteiger partial charge in [-0.2, -0.15) is 0 Å². The summed E-state index contributed by atoms with van der Waals surface area (Å²) in [6.07, 6.45) is 0.720. The van der Waals surface area contributed by atoms with Crippen LogP contribution in [0, 0.1) is 6.92 Å². The third-order valence-electron chi connectivity index (χ3n) is 3.48. The minimum Gasteiger partial charge on any atom is -0.497 e. The number of aliphatic hydroxyl groups is 1. The van der Waals surface area contributed by atoms with Crippen LogP contribution in [0.3, 0.4) is 0 Å². The van der Waals surface area contributed by atoms with Crippen molar-refractivity contribution in [2.45, 2.75) is 19.3 Å². The van der Waals surface area contributed by atoms with Crippen molar-refractivity contribution in [3.8, 4) is 5.75 Å². The molecule has 0 radical (unpaired) electrons. The molecule has 0 aliphatic rings. The van der Waals surface area contributed by atoms with Gasteiger partial charge in [-0.05, 0) is 42.2 Å². The molecule has 19 heavy (non-hydrogen) atoms. The Balaban J connectivity index is 2.42. The first kappa shape index (κ1) is 13.6. The van der Waals surface area contributed by atoms with Crippen molar-refractivity contribution in [3.05, 3.63) is 65.2 Å². The molecule has 0 fully saturated rings. The van der Waals surface area contributed by atoms with E-state index in [0.29, 0.717) is 0 Å². The van der Waals surface area contributed by atoms with E-state index in [9.17, 15) is 5.11 Å². The zero-order valence-electron chi connectivity index (χ0n) is 11.5. The van der Waals surface area contributed by atoms with Gasteiger partial charge in [0.15, 0.2) is 0 Å². The van der Waals surface area contributed by atoms with E-state index in [4.69, 9.17) is 4.74 Å². The predicted molar refractivity (Wildman–Crippen MR) is 77.7 cm³/mol. The first-order valence-electron chi connectivity index (χ1n) is 6.56. The van der Waals surface area contributed by atoms with Gasteiger partial charge in [0, 0.05) is 12.5 Å². The van der Waals surface area contributed by atoms with Crippen molar-refractivity contribution in [3.63, 3.8) is 0 Å². The molecule has 0 saturated carbocycles. The van der Waals surface area contributed by atoms with E-state index in [-0.39, 0.29) is 12.5 Å². The van der Waals surface area contributed by atoms with Crippen LogP contribution in [0.2, 0.25) is 0 Å². The Morgan fingerprint density at radius 3 is 2.58 bits per heavy atom. The third kappa shape index (κ3) is 3.15. The number of hydrogen-bond donors (Lipinski definition) is 1. The fourth-order valence-electron chi connectivity index (χ4n) is 2.47. The minimum atomic E-state index is 0.177. The molecule has 0 saturated heterocycles. The summed E-state index contributed by atoms with van der Waals surface area (Å²) in [5, 5.41) is 9.35. The third-order valence-corrected chi connectivity index (χ3v) is 3.48. The van der Waals surface area contributed by atoms with Gasteiger partial charge in [0.05, 0.1) is 7.11 Å². The summed E-state index contributed by atoms with van der Waals surface area (Å²) >= 11 is 0. The fourth-order valence-corrected chi connectivity index (χ4v) is 2.47. The molecular formula is C17H20O2. The second-order valence-electron chi connectivity index (χ2n) is 4.70. The zero-order chi connectivity index (χ0) is 13.7. The molecule has 0 spiro atoms. The quantitative estimate of drug-likeness (QED) is 0.887. The summed E-state index contributed by atoms with van der Waals surface area (Å²) in [5.41, 5.74) is 3.70. The fraction of sp³-hybridized carbons (Fsp3) is 0.294. The van der Waals surface area contributed by atoms with Gasteiger partial charge in [-0.3, -0.25) is 0 Å². The summed E-state index contributed by atoms with van der Waals surface area (Å²) in [4.78, 5) is 0.